The fourth-order valence-corrected chi connectivity index (χ4v) is 3.40. The highest BCUT2D eigenvalue weighted by molar-refractivity contribution is 7.99. The number of hydrogen-bond donors (Lipinski definition) is 1. The number of ether oxygens (including phenoxy) is 1. The average molecular weight is 433 g/mol. The van der Waals surface area contributed by atoms with Crippen molar-refractivity contribution in [3.63, 3.8) is 0 Å². The molecular weight excluding hydrogens is 415 g/mol. The van der Waals surface area contributed by atoms with Crippen LogP contribution in [0.15, 0.2) is 59.6 Å². The number of carbonyl (C=O) groups is 1. The smallest absolute Gasteiger partial charge is 0.418 e. The number of nitrogens with one attached hydrogen (secondary N) is 1. The minimum absolute atomic E-state index is 0.0926. The van der Waals surface area contributed by atoms with Crippen LogP contribution in [0.1, 0.15) is 11.3 Å². The number of para-hydroxylation sites is 1. The largest absolute Gasteiger partial charge is 0.497 e. The first-order chi connectivity index (χ1) is 14.3. The van der Waals surface area contributed by atoms with Crippen LogP contribution >= 0.6 is 11.8 Å². The first-order valence-corrected chi connectivity index (χ1v) is 9.84. The molecule has 0 atom stereocenters. The number of aromatic nitrogens is 2. The molecule has 1 aromatic heterocycles. The van der Waals surface area contributed by atoms with Gasteiger partial charge in [-0.15, -0.1) is 0 Å². The molecular formula is C21H18F3N3O2S. The third kappa shape index (κ3) is 5.50. The van der Waals surface area contributed by atoms with Crippen LogP contribution in [0.25, 0.3) is 11.4 Å². The number of halogens is 3. The Morgan fingerprint density at radius 2 is 1.80 bits per heavy atom. The highest BCUT2D eigenvalue weighted by atomic mass is 32.2. The van der Waals surface area contributed by atoms with Gasteiger partial charge in [-0.25, -0.2) is 9.97 Å². The third-order valence-electron chi connectivity index (χ3n) is 4.04. The molecule has 0 fully saturated rings. The van der Waals surface area contributed by atoms with E-state index >= 15 is 0 Å². The van der Waals surface area contributed by atoms with Crippen LogP contribution in [0.4, 0.5) is 18.9 Å². The Hall–Kier alpha value is -3.07. The van der Waals surface area contributed by atoms with Crippen molar-refractivity contribution in [3.05, 3.63) is 65.9 Å². The van der Waals surface area contributed by atoms with Crippen LogP contribution in [0.3, 0.4) is 0 Å². The molecule has 30 heavy (non-hydrogen) atoms. The molecule has 0 unspecified atom stereocenters. The van der Waals surface area contributed by atoms with Gasteiger partial charge < -0.3 is 10.1 Å². The second-order valence-electron chi connectivity index (χ2n) is 6.28. The van der Waals surface area contributed by atoms with Gasteiger partial charge in [0.2, 0.25) is 5.91 Å². The van der Waals surface area contributed by atoms with Crippen molar-refractivity contribution in [2.75, 3.05) is 18.2 Å². The lowest BCUT2D eigenvalue weighted by Crippen LogP contribution is -2.18. The van der Waals surface area contributed by atoms with Gasteiger partial charge in [0.15, 0.2) is 5.82 Å². The molecule has 3 rings (SSSR count). The number of rotatable bonds is 6. The average Bonchev–Trinajstić information content (AvgIpc) is 2.71. The lowest BCUT2D eigenvalue weighted by Gasteiger charge is -2.13. The van der Waals surface area contributed by atoms with Crippen LogP contribution in [-0.4, -0.2) is 28.7 Å². The molecule has 0 spiro atoms. The summed E-state index contributed by atoms with van der Waals surface area (Å²) in [6.45, 7) is 1.80. The molecule has 3 aromatic rings. The van der Waals surface area contributed by atoms with Crippen LogP contribution in [0.5, 0.6) is 5.75 Å². The van der Waals surface area contributed by atoms with Gasteiger partial charge in [-0.05, 0) is 49.4 Å². The predicted octanol–water partition coefficient (Wildman–Crippen LogP) is 5.21. The Morgan fingerprint density at radius 1 is 1.10 bits per heavy atom. The van der Waals surface area contributed by atoms with Gasteiger partial charge in [0.25, 0.3) is 0 Å². The maximum atomic E-state index is 13.1. The minimum Gasteiger partial charge on any atom is -0.497 e. The molecule has 1 amide bonds. The maximum Gasteiger partial charge on any atom is 0.418 e. The van der Waals surface area contributed by atoms with Crippen LogP contribution in [0, 0.1) is 6.92 Å². The Morgan fingerprint density at radius 3 is 2.47 bits per heavy atom. The minimum atomic E-state index is -4.55. The normalized spacial score (nSPS) is 11.2. The summed E-state index contributed by atoms with van der Waals surface area (Å²) in [7, 11) is 1.57. The Balaban J connectivity index is 1.70. The molecule has 156 valence electrons. The molecule has 0 aliphatic heterocycles. The molecule has 0 radical (unpaired) electrons. The van der Waals surface area contributed by atoms with E-state index in [-0.39, 0.29) is 11.4 Å². The summed E-state index contributed by atoms with van der Waals surface area (Å²) in [5, 5.41) is 2.87. The summed E-state index contributed by atoms with van der Waals surface area (Å²) in [6.07, 6.45) is -4.55. The van der Waals surface area contributed by atoms with Crippen molar-refractivity contribution >= 4 is 23.4 Å². The lowest BCUT2D eigenvalue weighted by molar-refractivity contribution is -0.137. The number of thioether (sulfide) groups is 1. The summed E-state index contributed by atoms with van der Waals surface area (Å²) in [5.74, 6) is 0.545. The molecule has 9 heteroatoms. The Bertz CT molecular complexity index is 1040. The first-order valence-electron chi connectivity index (χ1n) is 8.85. The van der Waals surface area contributed by atoms with E-state index in [9.17, 15) is 18.0 Å². The van der Waals surface area contributed by atoms with Gasteiger partial charge in [0, 0.05) is 11.3 Å². The number of anilines is 1. The topological polar surface area (TPSA) is 64.1 Å². The van der Waals surface area contributed by atoms with E-state index in [1.807, 2.05) is 12.1 Å². The first kappa shape index (κ1) is 21.6. The maximum absolute atomic E-state index is 13.1. The number of aryl methyl sites for hydroxylation is 1. The van der Waals surface area contributed by atoms with Gasteiger partial charge >= 0.3 is 6.18 Å². The zero-order chi connectivity index (χ0) is 21.7. The standard InChI is InChI=1S/C21H18F3N3O2S/c1-13-11-19(27-20(25-13)14-7-9-15(29-2)10-8-14)30-12-18(28)26-17-6-4-3-5-16(17)21(22,23)24/h3-11H,12H2,1-2H3,(H,26,28). The third-order valence-corrected chi connectivity index (χ3v) is 4.95. The number of methoxy groups -OCH3 is 1. The summed E-state index contributed by atoms with van der Waals surface area (Å²) in [4.78, 5) is 21.1. The summed E-state index contributed by atoms with van der Waals surface area (Å²) in [5.41, 5.74) is 0.336. The molecule has 1 N–H and O–H groups in total. The lowest BCUT2D eigenvalue weighted by atomic mass is 10.1. The summed E-state index contributed by atoms with van der Waals surface area (Å²) in [6, 6.07) is 13.8. The molecule has 2 aromatic carbocycles. The van der Waals surface area contributed by atoms with E-state index in [0.717, 1.165) is 23.4 Å². The van der Waals surface area contributed by atoms with E-state index in [0.29, 0.717) is 22.3 Å². The van der Waals surface area contributed by atoms with Gasteiger partial charge in [0.05, 0.1) is 24.1 Å². The number of nitrogens with zero attached hydrogens (tertiary/aromatic N) is 2. The van der Waals surface area contributed by atoms with E-state index in [4.69, 9.17) is 4.74 Å². The zero-order valence-corrected chi connectivity index (χ0v) is 17.0. The Labute approximate surface area is 175 Å². The Kier molecular flexibility index (Phi) is 6.61. The van der Waals surface area contributed by atoms with Crippen LogP contribution < -0.4 is 10.1 Å². The van der Waals surface area contributed by atoms with Gasteiger partial charge in [-0.3, -0.25) is 4.79 Å². The molecule has 0 saturated heterocycles. The molecule has 0 aliphatic rings. The van der Waals surface area contributed by atoms with E-state index in [1.54, 1.807) is 32.2 Å². The second-order valence-corrected chi connectivity index (χ2v) is 7.28. The van der Waals surface area contributed by atoms with Crippen molar-refractivity contribution in [1.29, 1.82) is 0 Å². The number of hydrogen-bond acceptors (Lipinski definition) is 5. The fourth-order valence-electron chi connectivity index (χ4n) is 2.65. The molecule has 1 heterocycles. The van der Waals surface area contributed by atoms with Crippen LogP contribution in [0.2, 0.25) is 0 Å². The number of carbonyl (C=O) groups excluding carboxylic acids is 1. The van der Waals surface area contributed by atoms with E-state index < -0.39 is 17.6 Å². The van der Waals surface area contributed by atoms with Gasteiger partial charge in [-0.2, -0.15) is 13.2 Å². The fraction of sp³-hybridized carbons (Fsp3) is 0.190. The highest BCUT2D eigenvalue weighted by Crippen LogP contribution is 2.34. The summed E-state index contributed by atoms with van der Waals surface area (Å²) < 4.78 is 44.3. The predicted molar refractivity (Wildman–Crippen MR) is 110 cm³/mol. The SMILES string of the molecule is COc1ccc(-c2nc(C)cc(SCC(=O)Nc3ccccc3C(F)(F)F)n2)cc1. The highest BCUT2D eigenvalue weighted by Gasteiger charge is 2.33. The molecule has 0 bridgehead atoms. The molecule has 0 aliphatic carbocycles. The van der Waals surface area contributed by atoms with Crippen molar-refractivity contribution in [2.45, 2.75) is 18.1 Å². The van der Waals surface area contributed by atoms with Crippen LogP contribution in [-0.2, 0) is 11.0 Å². The van der Waals surface area contributed by atoms with E-state index in [1.165, 1.54) is 18.2 Å². The second kappa shape index (κ2) is 9.17. The van der Waals surface area contributed by atoms with Gasteiger partial charge in [0.1, 0.15) is 10.8 Å². The van der Waals surface area contributed by atoms with Crippen molar-refractivity contribution in [2.24, 2.45) is 0 Å². The van der Waals surface area contributed by atoms with Crippen molar-refractivity contribution < 1.29 is 22.7 Å². The zero-order valence-electron chi connectivity index (χ0n) is 16.2. The van der Waals surface area contributed by atoms with Crippen molar-refractivity contribution in [1.82, 2.24) is 9.97 Å². The van der Waals surface area contributed by atoms with E-state index in [2.05, 4.69) is 15.3 Å². The quantitative estimate of drug-likeness (QED) is 0.427. The number of amides is 1. The van der Waals surface area contributed by atoms with Gasteiger partial charge in [-0.1, -0.05) is 23.9 Å². The number of alkyl halides is 3. The van der Waals surface area contributed by atoms with Crippen molar-refractivity contribution in [3.8, 4) is 17.1 Å². The molecule has 0 saturated carbocycles. The molecule has 5 nitrogen and oxygen atoms in total. The monoisotopic (exact) mass is 433 g/mol. The summed E-state index contributed by atoms with van der Waals surface area (Å²) >= 11 is 1.12. The number of benzene rings is 2.